The molecule has 14 nitrogen and oxygen atoms in total. The summed E-state index contributed by atoms with van der Waals surface area (Å²) in [5.74, 6) is -4.82. The third-order valence-electron chi connectivity index (χ3n) is 8.29. The molecule has 5 heterocycles. The molecule has 0 radical (unpaired) electrons. The number of imide groups is 1. The number of piperidine rings is 1. The molecule has 0 spiro atoms. The van der Waals surface area contributed by atoms with Gasteiger partial charge in [-0.1, -0.05) is 6.07 Å². The van der Waals surface area contributed by atoms with Crippen molar-refractivity contribution in [3.8, 4) is 11.3 Å². The van der Waals surface area contributed by atoms with Gasteiger partial charge in [-0.15, -0.1) is 0 Å². The first kappa shape index (κ1) is 28.5. The maximum Gasteiger partial charge on any atom is 0.328 e. The van der Waals surface area contributed by atoms with E-state index in [0.29, 0.717) is 17.2 Å². The summed E-state index contributed by atoms with van der Waals surface area (Å²) in [4.78, 5) is 74.2. The van der Waals surface area contributed by atoms with Crippen LogP contribution in [0.15, 0.2) is 35.6 Å². The number of pyridine rings is 1. The molecule has 4 unspecified atom stereocenters. The molecule has 2 aromatic heterocycles. The number of ketones is 1. The zero-order valence-electron chi connectivity index (χ0n) is 23.6. The molecule has 3 aliphatic heterocycles. The van der Waals surface area contributed by atoms with Crippen LogP contribution >= 0.6 is 0 Å². The maximum absolute atomic E-state index is 13.5. The summed E-state index contributed by atoms with van der Waals surface area (Å²) >= 11 is 0. The second kappa shape index (κ2) is 10.6. The first-order valence-corrected chi connectivity index (χ1v) is 13.6. The van der Waals surface area contributed by atoms with Crippen molar-refractivity contribution in [1.29, 1.82) is 0 Å². The Morgan fingerprint density at radius 2 is 1.86 bits per heavy atom. The highest BCUT2D eigenvalue weighted by molar-refractivity contribution is 6.05. The Hall–Kier alpha value is -4.60. The molecule has 5 atom stereocenters. The van der Waals surface area contributed by atoms with Gasteiger partial charge in [-0.05, 0) is 19.1 Å². The van der Waals surface area contributed by atoms with E-state index in [2.05, 4.69) is 25.3 Å². The van der Waals surface area contributed by atoms with Crippen LogP contribution in [-0.2, 0) is 19.1 Å². The van der Waals surface area contributed by atoms with E-state index in [1.807, 2.05) is 0 Å². The molecule has 226 valence electrons. The number of nitrogens with one attached hydrogen (secondary N) is 1. The largest absolute Gasteiger partial charge is 0.377 e. The van der Waals surface area contributed by atoms with Crippen LogP contribution in [0.3, 0.4) is 0 Å². The third-order valence-corrected chi connectivity index (χ3v) is 8.29. The maximum atomic E-state index is 13.5. The zero-order chi connectivity index (χ0) is 30.6. The minimum Gasteiger partial charge on any atom is -0.377 e. The number of hydrogen-bond acceptors (Lipinski definition) is 11. The highest BCUT2D eigenvalue weighted by atomic mass is 19.3. The van der Waals surface area contributed by atoms with Crippen LogP contribution < -0.4 is 10.2 Å². The summed E-state index contributed by atoms with van der Waals surface area (Å²) in [7, 11) is 2.81. The van der Waals surface area contributed by atoms with E-state index in [0.717, 1.165) is 4.90 Å². The second-order valence-corrected chi connectivity index (χ2v) is 11.0. The summed E-state index contributed by atoms with van der Waals surface area (Å²) < 4.78 is 31.9. The number of anilines is 2. The molecule has 2 aromatic rings. The number of halogens is 2. The number of fused-ring (bicyclic) bond motifs is 2. The quantitative estimate of drug-likeness (QED) is 0.437. The molecule has 4 amide bonds. The number of carbonyl (C=O) groups excluding carboxylic acids is 4. The number of amides is 4. The minimum atomic E-state index is -2.59. The molecule has 43 heavy (non-hydrogen) atoms. The van der Waals surface area contributed by atoms with Crippen LogP contribution in [0, 0.1) is 11.8 Å². The van der Waals surface area contributed by atoms with Gasteiger partial charge in [0.25, 0.3) is 11.8 Å². The van der Waals surface area contributed by atoms with Gasteiger partial charge in [-0.3, -0.25) is 19.3 Å². The number of aliphatic imine (C=N–C) groups is 1. The molecule has 0 bridgehead atoms. The lowest BCUT2D eigenvalue weighted by Crippen LogP contribution is -2.66. The van der Waals surface area contributed by atoms with E-state index in [1.165, 1.54) is 30.3 Å². The molecule has 3 fully saturated rings. The van der Waals surface area contributed by atoms with Crippen LogP contribution in [0.25, 0.3) is 11.3 Å². The van der Waals surface area contributed by atoms with E-state index in [9.17, 15) is 28.0 Å². The lowest BCUT2D eigenvalue weighted by Gasteiger charge is -2.42. The Balaban J connectivity index is 1.11. The second-order valence-electron chi connectivity index (χ2n) is 11.0. The summed E-state index contributed by atoms with van der Waals surface area (Å²) in [6.07, 6.45) is 3.61. The summed E-state index contributed by atoms with van der Waals surface area (Å²) in [5.41, 5.74) is 1.05. The topological polar surface area (TPSA) is 154 Å². The number of alkyl halides is 2. The Kier molecular flexibility index (Phi) is 7.02. The lowest BCUT2D eigenvalue weighted by molar-refractivity contribution is -0.142. The highest BCUT2D eigenvalue weighted by Crippen LogP contribution is 2.59. The Bertz CT molecular complexity index is 1490. The number of likely N-dealkylation sites (N-methyl/N-ethyl adjacent to an activating group) is 1. The lowest BCUT2D eigenvalue weighted by atomic mass is 10.1. The van der Waals surface area contributed by atoms with Gasteiger partial charge < -0.3 is 24.8 Å². The Labute approximate surface area is 244 Å². The number of ether oxygens (including phenoxy) is 1. The summed E-state index contributed by atoms with van der Waals surface area (Å²) in [6.45, 7) is 1.32. The van der Waals surface area contributed by atoms with Gasteiger partial charge in [0.15, 0.2) is 18.0 Å². The molecule has 1 N–H and O–H groups in total. The molecular formula is C27H29F2N9O5. The van der Waals surface area contributed by atoms with E-state index < -0.39 is 66.2 Å². The van der Waals surface area contributed by atoms with Crippen LogP contribution in [0.2, 0.25) is 0 Å². The van der Waals surface area contributed by atoms with Gasteiger partial charge >= 0.3 is 6.03 Å². The predicted molar refractivity (Wildman–Crippen MR) is 147 cm³/mol. The molecule has 4 aliphatic rings. The molecule has 1 saturated carbocycles. The van der Waals surface area contributed by atoms with Crippen molar-refractivity contribution in [2.24, 2.45) is 16.8 Å². The van der Waals surface area contributed by atoms with Gasteiger partial charge in [0, 0.05) is 45.2 Å². The molecule has 0 aromatic carbocycles. The number of rotatable bonds is 9. The minimum absolute atomic E-state index is 0.223. The molecule has 2 saturated heterocycles. The average molecular weight is 598 g/mol. The van der Waals surface area contributed by atoms with Gasteiger partial charge in [0.2, 0.25) is 11.9 Å². The van der Waals surface area contributed by atoms with Crippen LogP contribution in [0.4, 0.5) is 25.3 Å². The standard InChI is InChI=1S/C27H29F2N9O5/c1-14(38-13-32-22-21(38)24(41)37(26(42)35(22)2)9-16(39)12-43-3)23(40)34-20-6-4-5-19(33-20)15-7-30-25(31-8-15)36-10-17-18(11-36)27(17,28)29/h4-8,13-14,17-18,21-22H,9-12H2,1-3H3,(H,33,34,40)/t14-,17?,18?,21?,22?/m0/s1. The van der Waals surface area contributed by atoms with E-state index in [-0.39, 0.29) is 25.5 Å². The van der Waals surface area contributed by atoms with Crippen LogP contribution in [-0.4, -0.2) is 124 Å². The average Bonchev–Trinajstić information content (AvgIpc) is 3.41. The van der Waals surface area contributed by atoms with Crippen LogP contribution in [0.5, 0.6) is 0 Å². The number of urea groups is 1. The first-order valence-electron chi connectivity index (χ1n) is 13.6. The van der Waals surface area contributed by atoms with Crippen LogP contribution in [0.1, 0.15) is 6.92 Å². The molecule has 16 heteroatoms. The van der Waals surface area contributed by atoms with Gasteiger partial charge in [-0.2, -0.15) is 0 Å². The summed E-state index contributed by atoms with van der Waals surface area (Å²) in [5, 5.41) is 2.74. The fourth-order valence-electron chi connectivity index (χ4n) is 5.77. The normalized spacial score (nSPS) is 26.0. The molecule has 6 rings (SSSR count). The fourth-order valence-corrected chi connectivity index (χ4v) is 5.77. The van der Waals surface area contributed by atoms with E-state index >= 15 is 0 Å². The number of methoxy groups -OCH3 is 1. The Morgan fingerprint density at radius 1 is 1.16 bits per heavy atom. The van der Waals surface area contributed by atoms with Crippen molar-refractivity contribution >= 4 is 41.7 Å². The SMILES string of the molecule is COCC(=O)CN1C(=O)C2C(N=CN2[C@@H](C)C(=O)Nc2cccc(-c3cnc(N4CC5C(C4)C5(F)F)nc3)n2)N(C)C1=O. The highest BCUT2D eigenvalue weighted by Gasteiger charge is 2.72. The number of carbonyl (C=O) groups is 4. The predicted octanol–water partition coefficient (Wildman–Crippen LogP) is 0.715. The first-order chi connectivity index (χ1) is 20.5. The van der Waals surface area contributed by atoms with Crippen molar-refractivity contribution in [1.82, 2.24) is 29.7 Å². The fraction of sp³-hybridized carbons (Fsp3) is 0.481. The van der Waals surface area contributed by atoms with Crippen molar-refractivity contribution < 1.29 is 32.7 Å². The molecule has 1 aliphatic carbocycles. The zero-order valence-corrected chi connectivity index (χ0v) is 23.6. The van der Waals surface area contributed by atoms with Gasteiger partial charge in [0.1, 0.15) is 18.5 Å². The summed E-state index contributed by atoms with van der Waals surface area (Å²) in [6, 6.07) is 2.45. The number of hydrogen-bond donors (Lipinski definition) is 1. The smallest absolute Gasteiger partial charge is 0.328 e. The van der Waals surface area contributed by atoms with E-state index in [4.69, 9.17) is 4.74 Å². The Morgan fingerprint density at radius 3 is 2.53 bits per heavy atom. The number of aromatic nitrogens is 3. The molecular weight excluding hydrogens is 568 g/mol. The third kappa shape index (κ3) is 4.94. The monoisotopic (exact) mass is 597 g/mol. The van der Waals surface area contributed by atoms with Gasteiger partial charge in [-0.25, -0.2) is 33.5 Å². The number of Topliss-reactive ketones (excluding diaryl/α,β-unsaturated/α-hetero) is 1. The van der Waals surface area contributed by atoms with Crippen molar-refractivity contribution in [2.45, 2.75) is 31.1 Å². The van der Waals surface area contributed by atoms with Gasteiger partial charge in [0.05, 0.1) is 30.4 Å². The number of nitrogens with zero attached hydrogens (tertiary/aromatic N) is 8. The van der Waals surface area contributed by atoms with Crippen molar-refractivity contribution in [2.75, 3.05) is 50.6 Å². The van der Waals surface area contributed by atoms with Crippen molar-refractivity contribution in [3.63, 3.8) is 0 Å². The van der Waals surface area contributed by atoms with E-state index in [1.54, 1.807) is 42.4 Å². The van der Waals surface area contributed by atoms with Crippen molar-refractivity contribution in [3.05, 3.63) is 30.6 Å².